The lowest BCUT2D eigenvalue weighted by molar-refractivity contribution is 0.171. The first kappa shape index (κ1) is 16.8. The highest BCUT2D eigenvalue weighted by atomic mass is 16.6. The molecule has 1 aromatic heterocycles. The van der Waals surface area contributed by atoms with Crippen molar-refractivity contribution in [3.63, 3.8) is 0 Å². The molecule has 0 bridgehead atoms. The molecule has 8 heteroatoms. The van der Waals surface area contributed by atoms with Gasteiger partial charge in [0, 0.05) is 25.5 Å². The molecule has 25 heavy (non-hydrogen) atoms. The van der Waals surface area contributed by atoms with Crippen LogP contribution in [0.2, 0.25) is 0 Å². The van der Waals surface area contributed by atoms with Crippen molar-refractivity contribution in [2.75, 3.05) is 31.6 Å². The molecule has 0 saturated heterocycles. The third-order valence-electron chi connectivity index (χ3n) is 3.69. The number of nitrogens with zero attached hydrogens (tertiary/aromatic N) is 2. The van der Waals surface area contributed by atoms with Crippen LogP contribution in [0.5, 0.6) is 11.5 Å². The zero-order valence-corrected chi connectivity index (χ0v) is 14.0. The fraction of sp³-hybridized carbons (Fsp3) is 0.353. The molecular formula is C17H21N5O3. The van der Waals surface area contributed by atoms with Gasteiger partial charge in [-0.3, -0.25) is 4.98 Å². The number of hydrogen-bond donors (Lipinski definition) is 3. The van der Waals surface area contributed by atoms with Crippen molar-refractivity contribution in [3.8, 4) is 11.5 Å². The molecule has 0 radical (unpaired) electrons. The highest BCUT2D eigenvalue weighted by Gasteiger charge is 2.15. The van der Waals surface area contributed by atoms with Gasteiger partial charge in [0.25, 0.3) is 0 Å². The number of carbonyl (C=O) groups is 1. The Morgan fingerprint density at radius 2 is 2.04 bits per heavy atom. The standard InChI is InChI=1S/C17H21N5O3/c1-12(13-2-3-14-15(10-13)25-9-8-24-14)22-17(23)21-7-6-20-16-11-18-4-5-19-16/h2-5,10-12H,6-9H2,1H3,(H,19,20)(H2,21,22,23). The Hall–Kier alpha value is -3.03. The van der Waals surface area contributed by atoms with Gasteiger partial charge in [-0.2, -0.15) is 0 Å². The lowest BCUT2D eigenvalue weighted by atomic mass is 10.1. The third kappa shape index (κ3) is 4.72. The molecule has 8 nitrogen and oxygen atoms in total. The van der Waals surface area contributed by atoms with Gasteiger partial charge in [-0.1, -0.05) is 6.07 Å². The lowest BCUT2D eigenvalue weighted by Crippen LogP contribution is -2.39. The molecule has 3 N–H and O–H groups in total. The summed E-state index contributed by atoms with van der Waals surface area (Å²) in [4.78, 5) is 20.0. The Balaban J connectivity index is 1.43. The van der Waals surface area contributed by atoms with E-state index in [4.69, 9.17) is 9.47 Å². The van der Waals surface area contributed by atoms with E-state index in [0.717, 1.165) is 11.3 Å². The highest BCUT2D eigenvalue weighted by molar-refractivity contribution is 5.74. The zero-order chi connectivity index (χ0) is 17.5. The van der Waals surface area contributed by atoms with E-state index in [1.54, 1.807) is 18.6 Å². The van der Waals surface area contributed by atoms with Gasteiger partial charge < -0.3 is 25.4 Å². The van der Waals surface area contributed by atoms with Crippen LogP contribution in [0, 0.1) is 0 Å². The van der Waals surface area contributed by atoms with E-state index in [1.807, 2.05) is 25.1 Å². The topological polar surface area (TPSA) is 97.4 Å². The minimum Gasteiger partial charge on any atom is -0.486 e. The second-order valence-corrected chi connectivity index (χ2v) is 5.54. The quantitative estimate of drug-likeness (QED) is 0.691. The fourth-order valence-electron chi connectivity index (χ4n) is 2.42. The second-order valence-electron chi connectivity index (χ2n) is 5.54. The molecule has 3 rings (SSSR count). The molecule has 2 amide bonds. The zero-order valence-electron chi connectivity index (χ0n) is 14.0. The summed E-state index contributed by atoms with van der Waals surface area (Å²) in [6, 6.07) is 5.31. The number of amides is 2. The maximum Gasteiger partial charge on any atom is 0.315 e. The summed E-state index contributed by atoms with van der Waals surface area (Å²) in [5.41, 5.74) is 0.956. The first-order valence-electron chi connectivity index (χ1n) is 8.16. The van der Waals surface area contributed by atoms with Gasteiger partial charge in [0.15, 0.2) is 11.5 Å². The molecule has 2 aromatic rings. The molecule has 0 spiro atoms. The van der Waals surface area contributed by atoms with Gasteiger partial charge in [-0.05, 0) is 24.6 Å². The molecule has 0 saturated carbocycles. The summed E-state index contributed by atoms with van der Waals surface area (Å²) < 4.78 is 11.1. The third-order valence-corrected chi connectivity index (χ3v) is 3.69. The SMILES string of the molecule is CC(NC(=O)NCCNc1cnccn1)c1ccc2c(c1)OCCO2. The van der Waals surface area contributed by atoms with Crippen molar-refractivity contribution in [3.05, 3.63) is 42.4 Å². The molecule has 1 aromatic carbocycles. The Morgan fingerprint density at radius 1 is 1.20 bits per heavy atom. The second kappa shape index (κ2) is 8.18. The Kier molecular flexibility index (Phi) is 5.50. The average Bonchev–Trinajstić information content (AvgIpc) is 2.65. The summed E-state index contributed by atoms with van der Waals surface area (Å²) in [5.74, 6) is 2.13. The first-order valence-corrected chi connectivity index (χ1v) is 8.16. The minimum atomic E-state index is -0.233. The van der Waals surface area contributed by atoms with Crippen LogP contribution in [-0.4, -0.2) is 42.3 Å². The number of urea groups is 1. The Morgan fingerprint density at radius 3 is 2.84 bits per heavy atom. The Labute approximate surface area is 146 Å². The van der Waals surface area contributed by atoms with E-state index in [2.05, 4.69) is 25.9 Å². The maximum absolute atomic E-state index is 12.0. The van der Waals surface area contributed by atoms with E-state index in [9.17, 15) is 4.79 Å². The molecule has 1 unspecified atom stereocenters. The molecule has 2 heterocycles. The lowest BCUT2D eigenvalue weighted by Gasteiger charge is -2.21. The minimum absolute atomic E-state index is 0.149. The van der Waals surface area contributed by atoms with Crippen LogP contribution in [0.1, 0.15) is 18.5 Å². The normalized spacial score (nSPS) is 13.6. The van der Waals surface area contributed by atoms with Gasteiger partial charge in [0.1, 0.15) is 19.0 Å². The highest BCUT2D eigenvalue weighted by Crippen LogP contribution is 2.32. The molecule has 0 aliphatic carbocycles. The van der Waals surface area contributed by atoms with Crippen LogP contribution in [-0.2, 0) is 0 Å². The van der Waals surface area contributed by atoms with Crippen LogP contribution < -0.4 is 25.4 Å². The van der Waals surface area contributed by atoms with Crippen LogP contribution in [0.4, 0.5) is 10.6 Å². The molecule has 1 aliphatic heterocycles. The van der Waals surface area contributed by atoms with Gasteiger partial charge in [-0.15, -0.1) is 0 Å². The monoisotopic (exact) mass is 343 g/mol. The number of fused-ring (bicyclic) bond motifs is 1. The van der Waals surface area contributed by atoms with Gasteiger partial charge >= 0.3 is 6.03 Å². The summed E-state index contributed by atoms with van der Waals surface area (Å²) in [7, 11) is 0. The van der Waals surface area contributed by atoms with E-state index >= 15 is 0 Å². The predicted octanol–water partition coefficient (Wildman–Crippen LogP) is 1.72. The van der Waals surface area contributed by atoms with E-state index in [1.165, 1.54) is 0 Å². The molecule has 1 aliphatic rings. The van der Waals surface area contributed by atoms with E-state index < -0.39 is 0 Å². The molecular weight excluding hydrogens is 322 g/mol. The van der Waals surface area contributed by atoms with Crippen molar-refractivity contribution in [1.82, 2.24) is 20.6 Å². The number of nitrogens with one attached hydrogen (secondary N) is 3. The van der Waals surface area contributed by atoms with Gasteiger partial charge in [-0.25, -0.2) is 9.78 Å². The number of benzene rings is 1. The molecule has 0 fully saturated rings. The van der Waals surface area contributed by atoms with Crippen LogP contribution >= 0.6 is 0 Å². The smallest absolute Gasteiger partial charge is 0.315 e. The van der Waals surface area contributed by atoms with E-state index in [-0.39, 0.29) is 12.1 Å². The number of carbonyl (C=O) groups excluding carboxylic acids is 1. The van der Waals surface area contributed by atoms with Crippen molar-refractivity contribution >= 4 is 11.8 Å². The number of hydrogen-bond acceptors (Lipinski definition) is 6. The predicted molar refractivity (Wildman–Crippen MR) is 92.9 cm³/mol. The van der Waals surface area contributed by atoms with Gasteiger partial charge in [0.05, 0.1) is 12.2 Å². The van der Waals surface area contributed by atoms with Crippen molar-refractivity contribution in [2.45, 2.75) is 13.0 Å². The Bertz CT molecular complexity index is 711. The van der Waals surface area contributed by atoms with Crippen molar-refractivity contribution in [1.29, 1.82) is 0 Å². The number of rotatable bonds is 6. The average molecular weight is 343 g/mol. The fourth-order valence-corrected chi connectivity index (χ4v) is 2.42. The molecule has 1 atom stereocenters. The first-order chi connectivity index (χ1) is 12.2. The summed E-state index contributed by atoms with van der Waals surface area (Å²) in [6.07, 6.45) is 4.84. The van der Waals surface area contributed by atoms with Crippen LogP contribution in [0.3, 0.4) is 0 Å². The van der Waals surface area contributed by atoms with Crippen LogP contribution in [0.25, 0.3) is 0 Å². The molecule has 132 valence electrons. The van der Waals surface area contributed by atoms with Crippen molar-refractivity contribution < 1.29 is 14.3 Å². The number of aromatic nitrogens is 2. The largest absolute Gasteiger partial charge is 0.486 e. The summed E-state index contributed by atoms with van der Waals surface area (Å²) in [6.45, 7) is 4.05. The number of anilines is 1. The summed E-state index contributed by atoms with van der Waals surface area (Å²) in [5, 5.41) is 8.77. The van der Waals surface area contributed by atoms with Gasteiger partial charge in [0.2, 0.25) is 0 Å². The number of ether oxygens (including phenoxy) is 2. The van der Waals surface area contributed by atoms with E-state index in [0.29, 0.717) is 37.9 Å². The summed E-state index contributed by atoms with van der Waals surface area (Å²) >= 11 is 0. The van der Waals surface area contributed by atoms with Crippen LogP contribution in [0.15, 0.2) is 36.8 Å². The maximum atomic E-state index is 12.0. The van der Waals surface area contributed by atoms with Crippen molar-refractivity contribution in [2.24, 2.45) is 0 Å².